The summed E-state index contributed by atoms with van der Waals surface area (Å²) in [7, 11) is 1.36. The molecule has 0 unspecified atom stereocenters. The van der Waals surface area contributed by atoms with E-state index in [4.69, 9.17) is 10.5 Å². The highest BCUT2D eigenvalue weighted by atomic mass is 16.5. The molecule has 1 heterocycles. The van der Waals surface area contributed by atoms with Gasteiger partial charge in [0.15, 0.2) is 0 Å². The van der Waals surface area contributed by atoms with Crippen molar-refractivity contribution in [3.63, 3.8) is 0 Å². The maximum absolute atomic E-state index is 12.3. The third kappa shape index (κ3) is 3.22. The topological polar surface area (TPSA) is 72.6 Å². The van der Waals surface area contributed by atoms with Gasteiger partial charge in [-0.25, -0.2) is 4.79 Å². The third-order valence-corrected chi connectivity index (χ3v) is 3.80. The van der Waals surface area contributed by atoms with E-state index in [2.05, 4.69) is 0 Å². The van der Waals surface area contributed by atoms with E-state index in [-0.39, 0.29) is 17.8 Å². The number of amides is 1. The summed E-state index contributed by atoms with van der Waals surface area (Å²) >= 11 is 0. The van der Waals surface area contributed by atoms with Crippen molar-refractivity contribution in [3.8, 4) is 0 Å². The van der Waals surface area contributed by atoms with Crippen molar-refractivity contribution in [2.45, 2.75) is 51.6 Å². The van der Waals surface area contributed by atoms with Gasteiger partial charge in [0.2, 0.25) is 5.91 Å². The number of carbonyl (C=O) groups is 2. The van der Waals surface area contributed by atoms with E-state index >= 15 is 0 Å². The number of piperidine rings is 1. The predicted molar refractivity (Wildman–Crippen MR) is 68.8 cm³/mol. The zero-order chi connectivity index (χ0) is 13.7. The van der Waals surface area contributed by atoms with Gasteiger partial charge in [-0.3, -0.25) is 4.79 Å². The average Bonchev–Trinajstić information content (AvgIpc) is 2.43. The quantitative estimate of drug-likeness (QED) is 0.759. The van der Waals surface area contributed by atoms with Crippen LogP contribution in [0.4, 0.5) is 0 Å². The van der Waals surface area contributed by atoms with Crippen molar-refractivity contribution in [1.82, 2.24) is 4.90 Å². The van der Waals surface area contributed by atoms with Crippen molar-refractivity contribution in [3.05, 3.63) is 0 Å². The van der Waals surface area contributed by atoms with Crippen LogP contribution >= 0.6 is 0 Å². The van der Waals surface area contributed by atoms with Gasteiger partial charge in [0.1, 0.15) is 6.04 Å². The van der Waals surface area contributed by atoms with E-state index in [1.165, 1.54) is 7.11 Å². The van der Waals surface area contributed by atoms with Gasteiger partial charge in [0.25, 0.3) is 0 Å². The molecule has 0 radical (unpaired) electrons. The number of hydrogen-bond acceptors (Lipinski definition) is 4. The first-order valence-corrected chi connectivity index (χ1v) is 6.66. The molecule has 18 heavy (non-hydrogen) atoms. The predicted octanol–water partition coefficient (Wildman–Crippen LogP) is 0.914. The highest BCUT2D eigenvalue weighted by Gasteiger charge is 2.35. The number of hydrogen-bond donors (Lipinski definition) is 1. The van der Waals surface area contributed by atoms with Crippen molar-refractivity contribution in [2.24, 2.45) is 11.7 Å². The fraction of sp³-hybridized carbons (Fsp3) is 0.846. The molecule has 1 fully saturated rings. The first-order valence-electron chi connectivity index (χ1n) is 6.66. The molecule has 1 saturated heterocycles. The molecule has 104 valence electrons. The van der Waals surface area contributed by atoms with Crippen molar-refractivity contribution < 1.29 is 14.3 Å². The molecule has 0 aromatic heterocycles. The maximum atomic E-state index is 12.3. The second-order valence-corrected chi connectivity index (χ2v) is 4.98. The molecule has 0 saturated carbocycles. The van der Waals surface area contributed by atoms with Crippen LogP contribution in [0.5, 0.6) is 0 Å². The lowest BCUT2D eigenvalue weighted by Gasteiger charge is -2.36. The van der Waals surface area contributed by atoms with Crippen LogP contribution in [0.2, 0.25) is 0 Å². The van der Waals surface area contributed by atoms with E-state index in [9.17, 15) is 9.59 Å². The van der Waals surface area contributed by atoms with E-state index in [1.807, 2.05) is 13.8 Å². The molecule has 1 rings (SSSR count). The molecule has 2 N–H and O–H groups in total. The first-order chi connectivity index (χ1) is 8.52. The summed E-state index contributed by atoms with van der Waals surface area (Å²) in [6, 6.07) is -0.980. The van der Waals surface area contributed by atoms with Gasteiger partial charge in [-0.05, 0) is 25.2 Å². The SMILES string of the molecule is CC[C@H](C)[C@H](N)C(=O)N1CCCC[C@@H]1C(=O)OC. The number of carbonyl (C=O) groups excluding carboxylic acids is 2. The molecule has 1 aliphatic rings. The smallest absolute Gasteiger partial charge is 0.328 e. The van der Waals surface area contributed by atoms with E-state index in [1.54, 1.807) is 4.90 Å². The van der Waals surface area contributed by atoms with Crippen molar-refractivity contribution in [2.75, 3.05) is 13.7 Å². The molecule has 5 heteroatoms. The minimum Gasteiger partial charge on any atom is -0.467 e. The zero-order valence-electron chi connectivity index (χ0n) is 11.5. The van der Waals surface area contributed by atoms with Gasteiger partial charge in [-0.15, -0.1) is 0 Å². The molecule has 0 spiro atoms. The summed E-state index contributed by atoms with van der Waals surface area (Å²) in [4.78, 5) is 25.6. The Labute approximate surface area is 109 Å². The summed E-state index contributed by atoms with van der Waals surface area (Å²) in [6.07, 6.45) is 3.39. The van der Waals surface area contributed by atoms with Crippen LogP contribution in [0.25, 0.3) is 0 Å². The first kappa shape index (κ1) is 15.0. The normalized spacial score (nSPS) is 23.3. The number of nitrogens with two attached hydrogens (primary N) is 1. The Morgan fingerprint density at radius 2 is 2.11 bits per heavy atom. The monoisotopic (exact) mass is 256 g/mol. The van der Waals surface area contributed by atoms with Crippen molar-refractivity contribution >= 4 is 11.9 Å². The van der Waals surface area contributed by atoms with Gasteiger partial charge in [0, 0.05) is 6.54 Å². The van der Waals surface area contributed by atoms with Crippen LogP contribution in [0.1, 0.15) is 39.5 Å². The van der Waals surface area contributed by atoms with Crippen molar-refractivity contribution in [1.29, 1.82) is 0 Å². The van der Waals surface area contributed by atoms with Crippen LogP contribution in [0, 0.1) is 5.92 Å². The number of likely N-dealkylation sites (tertiary alicyclic amines) is 1. The molecule has 5 nitrogen and oxygen atoms in total. The fourth-order valence-electron chi connectivity index (χ4n) is 2.27. The Balaban J connectivity index is 2.77. The average molecular weight is 256 g/mol. The van der Waals surface area contributed by atoms with Crippen LogP contribution in [0.3, 0.4) is 0 Å². The molecule has 0 bridgehead atoms. The van der Waals surface area contributed by atoms with Gasteiger partial charge in [-0.1, -0.05) is 20.3 Å². The number of ether oxygens (including phenoxy) is 1. The minimum absolute atomic E-state index is 0.123. The van der Waals surface area contributed by atoms with Gasteiger partial charge < -0.3 is 15.4 Å². The summed E-state index contributed by atoms with van der Waals surface area (Å²) in [5, 5.41) is 0. The molecule has 3 atom stereocenters. The lowest BCUT2D eigenvalue weighted by Crippen LogP contribution is -2.55. The second-order valence-electron chi connectivity index (χ2n) is 4.98. The maximum Gasteiger partial charge on any atom is 0.328 e. The van der Waals surface area contributed by atoms with E-state index < -0.39 is 12.1 Å². The summed E-state index contributed by atoms with van der Waals surface area (Å²) < 4.78 is 4.76. The number of rotatable bonds is 4. The van der Waals surface area contributed by atoms with Crippen LogP contribution < -0.4 is 5.73 Å². The highest BCUT2D eigenvalue weighted by molar-refractivity contribution is 5.87. The summed E-state index contributed by atoms with van der Waals surface area (Å²) in [6.45, 7) is 4.56. The Morgan fingerprint density at radius 1 is 1.44 bits per heavy atom. The molecule has 0 aliphatic carbocycles. The van der Waals surface area contributed by atoms with Crippen LogP contribution in [-0.2, 0) is 14.3 Å². The fourth-order valence-corrected chi connectivity index (χ4v) is 2.27. The zero-order valence-corrected chi connectivity index (χ0v) is 11.5. The molecule has 1 amide bonds. The van der Waals surface area contributed by atoms with Crippen LogP contribution in [-0.4, -0.2) is 42.5 Å². The second kappa shape index (κ2) is 6.73. The molecule has 0 aromatic rings. The Hall–Kier alpha value is -1.10. The molecular formula is C13H24N2O3. The lowest BCUT2D eigenvalue weighted by molar-refractivity contribution is -0.155. The van der Waals surface area contributed by atoms with Gasteiger partial charge >= 0.3 is 5.97 Å². The Morgan fingerprint density at radius 3 is 2.67 bits per heavy atom. The largest absolute Gasteiger partial charge is 0.467 e. The Kier molecular flexibility index (Phi) is 5.59. The van der Waals surface area contributed by atoms with E-state index in [0.29, 0.717) is 13.0 Å². The molecular weight excluding hydrogens is 232 g/mol. The summed E-state index contributed by atoms with van der Waals surface area (Å²) in [5.41, 5.74) is 5.96. The van der Waals surface area contributed by atoms with Crippen LogP contribution in [0.15, 0.2) is 0 Å². The molecule has 0 aromatic carbocycles. The lowest BCUT2D eigenvalue weighted by atomic mass is 9.95. The third-order valence-electron chi connectivity index (χ3n) is 3.80. The minimum atomic E-state index is -0.528. The van der Waals surface area contributed by atoms with Gasteiger partial charge in [0.05, 0.1) is 13.2 Å². The number of methoxy groups -OCH3 is 1. The highest BCUT2D eigenvalue weighted by Crippen LogP contribution is 2.20. The number of nitrogens with zero attached hydrogens (tertiary/aromatic N) is 1. The summed E-state index contributed by atoms with van der Waals surface area (Å²) in [5.74, 6) is -0.337. The molecule has 1 aliphatic heterocycles. The van der Waals surface area contributed by atoms with E-state index in [0.717, 1.165) is 19.3 Å². The Bertz CT molecular complexity index is 307. The van der Waals surface area contributed by atoms with Gasteiger partial charge in [-0.2, -0.15) is 0 Å². The standard InChI is InChI=1S/C13H24N2O3/c1-4-9(2)11(14)12(16)15-8-6-5-7-10(15)13(17)18-3/h9-11H,4-8,14H2,1-3H3/t9-,10+,11-/m0/s1. The number of esters is 1.